The van der Waals surface area contributed by atoms with E-state index in [4.69, 9.17) is 4.42 Å². The second-order valence-electron chi connectivity index (χ2n) is 7.91. The third kappa shape index (κ3) is 4.84. The van der Waals surface area contributed by atoms with Crippen LogP contribution in [0.15, 0.2) is 63.8 Å². The van der Waals surface area contributed by atoms with E-state index in [1.807, 2.05) is 19.1 Å². The average molecular weight is 389 g/mol. The summed E-state index contributed by atoms with van der Waals surface area (Å²) in [6.45, 7) is 10.0. The van der Waals surface area contributed by atoms with Gasteiger partial charge in [-0.25, -0.2) is 4.79 Å². The first kappa shape index (κ1) is 19.6. The number of hydrogen-bond acceptors (Lipinski definition) is 4. The lowest BCUT2D eigenvalue weighted by Crippen LogP contribution is -2.45. The molecule has 0 spiro atoms. The highest BCUT2D eigenvalue weighted by Gasteiger charge is 2.18. The SMILES string of the molecule is Cc1cc2oc(=O)cc(CN3CCN(C/C=C/c4ccccc4)CC3)c2cc1C. The zero-order valence-electron chi connectivity index (χ0n) is 17.2. The predicted molar refractivity (Wildman–Crippen MR) is 119 cm³/mol. The molecule has 2 aromatic carbocycles. The Labute approximate surface area is 172 Å². The summed E-state index contributed by atoms with van der Waals surface area (Å²) in [5.74, 6) is 0. The van der Waals surface area contributed by atoms with Gasteiger partial charge in [-0.15, -0.1) is 0 Å². The van der Waals surface area contributed by atoms with Crippen molar-refractivity contribution in [2.45, 2.75) is 20.4 Å². The molecule has 0 unspecified atom stereocenters. The van der Waals surface area contributed by atoms with Gasteiger partial charge in [-0.2, -0.15) is 0 Å². The van der Waals surface area contributed by atoms with Gasteiger partial charge in [-0.3, -0.25) is 9.80 Å². The van der Waals surface area contributed by atoms with Gasteiger partial charge in [0.2, 0.25) is 0 Å². The number of hydrogen-bond donors (Lipinski definition) is 0. The summed E-state index contributed by atoms with van der Waals surface area (Å²) in [5, 5.41) is 1.06. The van der Waals surface area contributed by atoms with Crippen molar-refractivity contribution in [2.24, 2.45) is 0 Å². The first-order valence-electron chi connectivity index (χ1n) is 10.3. The number of piperazine rings is 1. The summed E-state index contributed by atoms with van der Waals surface area (Å²) in [4.78, 5) is 16.9. The average Bonchev–Trinajstić information content (AvgIpc) is 2.71. The van der Waals surface area contributed by atoms with E-state index in [0.717, 1.165) is 55.8 Å². The second kappa shape index (κ2) is 8.76. The fraction of sp³-hybridized carbons (Fsp3) is 0.320. The van der Waals surface area contributed by atoms with Crippen molar-refractivity contribution in [1.82, 2.24) is 9.80 Å². The zero-order chi connectivity index (χ0) is 20.2. The molecule has 29 heavy (non-hydrogen) atoms. The highest BCUT2D eigenvalue weighted by atomic mass is 16.4. The van der Waals surface area contributed by atoms with Gasteiger partial charge in [0.1, 0.15) is 5.58 Å². The zero-order valence-corrected chi connectivity index (χ0v) is 17.2. The molecule has 4 nitrogen and oxygen atoms in total. The minimum Gasteiger partial charge on any atom is -0.423 e. The van der Waals surface area contributed by atoms with E-state index in [9.17, 15) is 4.79 Å². The third-order valence-electron chi connectivity index (χ3n) is 5.78. The van der Waals surface area contributed by atoms with E-state index in [1.54, 1.807) is 6.07 Å². The van der Waals surface area contributed by atoms with E-state index in [2.05, 4.69) is 59.2 Å². The number of fused-ring (bicyclic) bond motifs is 1. The fourth-order valence-electron chi connectivity index (χ4n) is 3.89. The predicted octanol–water partition coefficient (Wildman–Crippen LogP) is 4.24. The normalized spacial score (nSPS) is 16.1. The minimum atomic E-state index is -0.263. The van der Waals surface area contributed by atoms with E-state index in [-0.39, 0.29) is 5.63 Å². The van der Waals surface area contributed by atoms with Gasteiger partial charge in [0.15, 0.2) is 0 Å². The van der Waals surface area contributed by atoms with Crippen molar-refractivity contribution in [3.05, 3.63) is 87.3 Å². The molecule has 0 N–H and O–H groups in total. The van der Waals surface area contributed by atoms with Crippen LogP contribution in [0.25, 0.3) is 17.0 Å². The molecule has 0 atom stereocenters. The van der Waals surface area contributed by atoms with Gasteiger partial charge in [-0.05, 0) is 48.2 Å². The first-order chi connectivity index (χ1) is 14.1. The molecule has 4 rings (SSSR count). The lowest BCUT2D eigenvalue weighted by atomic mass is 10.0. The standard InChI is InChI=1S/C25H28N2O2/c1-19-15-23-22(17-25(28)29-24(23)16-20(19)2)18-27-13-11-26(12-14-27)10-6-9-21-7-4-3-5-8-21/h3-9,15-17H,10-14,18H2,1-2H3/b9-6+. The first-order valence-corrected chi connectivity index (χ1v) is 10.3. The lowest BCUT2D eigenvalue weighted by molar-refractivity contribution is 0.137. The van der Waals surface area contributed by atoms with E-state index in [0.29, 0.717) is 5.58 Å². The quantitative estimate of drug-likeness (QED) is 0.613. The van der Waals surface area contributed by atoms with Crippen molar-refractivity contribution in [3.63, 3.8) is 0 Å². The highest BCUT2D eigenvalue weighted by Crippen LogP contribution is 2.23. The number of rotatable bonds is 5. The molecule has 1 aliphatic heterocycles. The fourth-order valence-corrected chi connectivity index (χ4v) is 3.89. The Morgan fingerprint density at radius 3 is 2.38 bits per heavy atom. The summed E-state index contributed by atoms with van der Waals surface area (Å²) < 4.78 is 5.44. The van der Waals surface area contributed by atoms with Crippen LogP contribution in [0.5, 0.6) is 0 Å². The molecule has 1 aromatic heterocycles. The third-order valence-corrected chi connectivity index (χ3v) is 5.78. The Bertz CT molecular complexity index is 1060. The van der Waals surface area contributed by atoms with E-state index < -0.39 is 0 Å². The maximum atomic E-state index is 12.0. The van der Waals surface area contributed by atoms with Gasteiger partial charge in [0, 0.05) is 50.7 Å². The second-order valence-corrected chi connectivity index (χ2v) is 7.91. The molecule has 2 heterocycles. The Balaban J connectivity index is 1.38. The van der Waals surface area contributed by atoms with Gasteiger partial charge in [0.05, 0.1) is 0 Å². The van der Waals surface area contributed by atoms with Crippen molar-refractivity contribution in [2.75, 3.05) is 32.7 Å². The molecule has 3 aromatic rings. The molecule has 0 aliphatic carbocycles. The largest absolute Gasteiger partial charge is 0.423 e. The molecule has 1 saturated heterocycles. The molecule has 1 aliphatic rings. The minimum absolute atomic E-state index is 0.263. The van der Waals surface area contributed by atoms with Crippen molar-refractivity contribution >= 4 is 17.0 Å². The topological polar surface area (TPSA) is 36.7 Å². The van der Waals surface area contributed by atoms with E-state index >= 15 is 0 Å². The van der Waals surface area contributed by atoms with Gasteiger partial charge in [-0.1, -0.05) is 42.5 Å². The maximum absolute atomic E-state index is 12.0. The molecule has 0 radical (unpaired) electrons. The summed E-state index contributed by atoms with van der Waals surface area (Å²) in [6, 6.07) is 16.2. The molecule has 1 fully saturated rings. The van der Waals surface area contributed by atoms with Crippen LogP contribution in [0.3, 0.4) is 0 Å². The molecule has 150 valence electrons. The van der Waals surface area contributed by atoms with Crippen LogP contribution >= 0.6 is 0 Å². The van der Waals surface area contributed by atoms with Crippen LogP contribution in [0.2, 0.25) is 0 Å². The van der Waals surface area contributed by atoms with Crippen LogP contribution in [0.4, 0.5) is 0 Å². The van der Waals surface area contributed by atoms with Crippen LogP contribution in [0.1, 0.15) is 22.3 Å². The van der Waals surface area contributed by atoms with Gasteiger partial charge < -0.3 is 4.42 Å². The van der Waals surface area contributed by atoms with Crippen LogP contribution in [-0.4, -0.2) is 42.5 Å². The summed E-state index contributed by atoms with van der Waals surface area (Å²) in [7, 11) is 0. The summed E-state index contributed by atoms with van der Waals surface area (Å²) >= 11 is 0. The monoisotopic (exact) mass is 388 g/mol. The van der Waals surface area contributed by atoms with Crippen LogP contribution < -0.4 is 5.63 Å². The van der Waals surface area contributed by atoms with Gasteiger partial charge >= 0.3 is 5.63 Å². The Kier molecular flexibility index (Phi) is 5.93. The maximum Gasteiger partial charge on any atom is 0.336 e. The number of nitrogens with zero attached hydrogens (tertiary/aromatic N) is 2. The summed E-state index contributed by atoms with van der Waals surface area (Å²) in [6.07, 6.45) is 4.43. The molecule has 4 heteroatoms. The van der Waals surface area contributed by atoms with Crippen LogP contribution in [0, 0.1) is 13.8 Å². The van der Waals surface area contributed by atoms with Crippen LogP contribution in [-0.2, 0) is 6.54 Å². The smallest absolute Gasteiger partial charge is 0.336 e. The van der Waals surface area contributed by atoms with Gasteiger partial charge in [0.25, 0.3) is 0 Å². The highest BCUT2D eigenvalue weighted by molar-refractivity contribution is 5.81. The van der Waals surface area contributed by atoms with Crippen molar-refractivity contribution in [3.8, 4) is 0 Å². The van der Waals surface area contributed by atoms with Crippen molar-refractivity contribution < 1.29 is 4.42 Å². The molecule has 0 saturated carbocycles. The Hall–Kier alpha value is -2.69. The molecule has 0 amide bonds. The summed E-state index contributed by atoms with van der Waals surface area (Å²) in [5.41, 5.74) is 5.11. The number of aryl methyl sites for hydroxylation is 2. The van der Waals surface area contributed by atoms with E-state index in [1.165, 1.54) is 11.1 Å². The molecular weight excluding hydrogens is 360 g/mol. The lowest BCUT2D eigenvalue weighted by Gasteiger charge is -2.34. The molecular formula is C25H28N2O2. The molecule has 0 bridgehead atoms. The number of benzene rings is 2. The Morgan fingerprint density at radius 2 is 1.62 bits per heavy atom. The Morgan fingerprint density at radius 1 is 0.931 bits per heavy atom. The van der Waals surface area contributed by atoms with Crippen molar-refractivity contribution in [1.29, 1.82) is 0 Å².